The van der Waals surface area contributed by atoms with E-state index in [9.17, 15) is 9.59 Å². The van der Waals surface area contributed by atoms with Crippen LogP contribution < -0.4 is 20.3 Å². The molecule has 0 unspecified atom stereocenters. The van der Waals surface area contributed by atoms with Crippen LogP contribution in [0.4, 0.5) is 5.69 Å². The fourth-order valence-corrected chi connectivity index (χ4v) is 3.06. The van der Waals surface area contributed by atoms with Gasteiger partial charge in [-0.05, 0) is 48.5 Å². The number of benzene rings is 2. The van der Waals surface area contributed by atoms with Gasteiger partial charge >= 0.3 is 0 Å². The lowest BCUT2D eigenvalue weighted by Crippen LogP contribution is -2.20. The zero-order chi connectivity index (χ0) is 21.6. The maximum atomic E-state index is 12.1. The highest BCUT2D eigenvalue weighted by atomic mass is 35.5. The van der Waals surface area contributed by atoms with Crippen LogP contribution >= 0.6 is 11.6 Å². The monoisotopic (exact) mass is 435 g/mol. The molecule has 0 fully saturated rings. The average Bonchev–Trinajstić information content (AvgIpc) is 2.78. The number of pyridine rings is 1. The number of fused-ring (bicyclic) bond motifs is 1. The number of carbonyl (C=O) groups excluding carboxylic acids is 1. The Bertz CT molecular complexity index is 1270. The van der Waals surface area contributed by atoms with E-state index in [1.54, 1.807) is 66.9 Å². The first-order chi connectivity index (χ1) is 15.1. The van der Waals surface area contributed by atoms with Crippen molar-refractivity contribution in [2.75, 3.05) is 11.9 Å². The predicted octanol–water partition coefficient (Wildman–Crippen LogP) is 3.94. The van der Waals surface area contributed by atoms with Crippen LogP contribution in [0.25, 0.3) is 5.65 Å². The molecule has 31 heavy (non-hydrogen) atoms. The van der Waals surface area contributed by atoms with Crippen molar-refractivity contribution >= 4 is 28.8 Å². The summed E-state index contributed by atoms with van der Waals surface area (Å²) in [7, 11) is 0. The molecule has 2 aromatic heterocycles. The topological polar surface area (TPSA) is 81.9 Å². The molecule has 0 spiro atoms. The highest BCUT2D eigenvalue weighted by Crippen LogP contribution is 2.23. The number of amides is 1. The van der Waals surface area contributed by atoms with Crippen molar-refractivity contribution < 1.29 is 14.3 Å². The van der Waals surface area contributed by atoms with E-state index < -0.39 is 0 Å². The van der Waals surface area contributed by atoms with Gasteiger partial charge in [0, 0.05) is 18.0 Å². The number of aromatic nitrogens is 2. The van der Waals surface area contributed by atoms with E-state index in [0.29, 0.717) is 33.6 Å². The number of nitrogens with zero attached hydrogens (tertiary/aromatic N) is 2. The van der Waals surface area contributed by atoms with E-state index in [4.69, 9.17) is 21.1 Å². The molecule has 2 heterocycles. The third-order valence-corrected chi connectivity index (χ3v) is 4.66. The molecular formula is C23H18ClN3O4. The Labute approximate surface area is 182 Å². The van der Waals surface area contributed by atoms with Crippen LogP contribution in [0.2, 0.25) is 5.02 Å². The van der Waals surface area contributed by atoms with E-state index in [2.05, 4.69) is 10.3 Å². The molecule has 0 radical (unpaired) electrons. The summed E-state index contributed by atoms with van der Waals surface area (Å²) in [4.78, 5) is 28.6. The molecule has 0 aliphatic heterocycles. The Morgan fingerprint density at radius 1 is 1.00 bits per heavy atom. The molecular weight excluding hydrogens is 418 g/mol. The van der Waals surface area contributed by atoms with Gasteiger partial charge in [-0.3, -0.25) is 14.0 Å². The highest BCUT2D eigenvalue weighted by Gasteiger charge is 2.07. The van der Waals surface area contributed by atoms with Gasteiger partial charge < -0.3 is 14.8 Å². The van der Waals surface area contributed by atoms with Crippen LogP contribution in [-0.2, 0) is 11.4 Å². The van der Waals surface area contributed by atoms with Crippen LogP contribution in [0, 0.1) is 0 Å². The van der Waals surface area contributed by atoms with Crippen LogP contribution in [0.5, 0.6) is 11.5 Å². The van der Waals surface area contributed by atoms with E-state index in [1.165, 1.54) is 10.5 Å². The summed E-state index contributed by atoms with van der Waals surface area (Å²) in [5.41, 5.74) is 1.53. The zero-order valence-electron chi connectivity index (χ0n) is 16.3. The second-order valence-corrected chi connectivity index (χ2v) is 7.00. The Morgan fingerprint density at radius 2 is 1.77 bits per heavy atom. The van der Waals surface area contributed by atoms with E-state index >= 15 is 0 Å². The molecule has 4 rings (SSSR count). The molecule has 4 aromatic rings. The fraction of sp³-hybridized carbons (Fsp3) is 0.0870. The quantitative estimate of drug-likeness (QED) is 0.475. The standard InChI is InChI=1S/C23H18ClN3O4/c24-19-5-1-2-6-20(19)31-15-22(28)26-16-8-10-18(11-9-16)30-14-17-13-23(29)27-12-4-3-7-21(27)25-17/h1-13H,14-15H2,(H,26,28). The fourth-order valence-electron chi connectivity index (χ4n) is 2.87. The summed E-state index contributed by atoms with van der Waals surface area (Å²) in [5, 5.41) is 3.19. The van der Waals surface area contributed by atoms with Gasteiger partial charge in [-0.1, -0.05) is 29.8 Å². The molecule has 156 valence electrons. The van der Waals surface area contributed by atoms with E-state index in [0.717, 1.165) is 0 Å². The first-order valence-electron chi connectivity index (χ1n) is 9.46. The molecule has 0 saturated heterocycles. The Balaban J connectivity index is 1.31. The summed E-state index contributed by atoms with van der Waals surface area (Å²) >= 11 is 6.00. The van der Waals surface area contributed by atoms with Gasteiger partial charge in [0.25, 0.3) is 11.5 Å². The van der Waals surface area contributed by atoms with Crippen LogP contribution in [-0.4, -0.2) is 21.9 Å². The van der Waals surface area contributed by atoms with Crippen molar-refractivity contribution in [3.63, 3.8) is 0 Å². The number of halogens is 1. The van der Waals surface area contributed by atoms with Crippen molar-refractivity contribution in [3.8, 4) is 11.5 Å². The molecule has 0 aliphatic rings. The number of rotatable bonds is 7. The number of hydrogen-bond acceptors (Lipinski definition) is 5. The van der Waals surface area contributed by atoms with Crippen molar-refractivity contribution in [3.05, 3.63) is 100 Å². The van der Waals surface area contributed by atoms with Crippen molar-refractivity contribution in [2.24, 2.45) is 0 Å². The maximum absolute atomic E-state index is 12.1. The van der Waals surface area contributed by atoms with Crippen LogP contribution in [0.15, 0.2) is 83.8 Å². The van der Waals surface area contributed by atoms with Gasteiger partial charge in [-0.2, -0.15) is 0 Å². The molecule has 0 bridgehead atoms. The smallest absolute Gasteiger partial charge is 0.262 e. The van der Waals surface area contributed by atoms with Gasteiger partial charge in [0.2, 0.25) is 0 Å². The molecule has 2 aromatic carbocycles. The second kappa shape index (κ2) is 9.32. The molecule has 7 nitrogen and oxygen atoms in total. The van der Waals surface area contributed by atoms with Crippen LogP contribution in [0.3, 0.4) is 0 Å². The molecule has 1 N–H and O–H groups in total. The lowest BCUT2D eigenvalue weighted by molar-refractivity contribution is -0.118. The normalized spacial score (nSPS) is 10.6. The van der Waals surface area contributed by atoms with Crippen molar-refractivity contribution in [1.82, 2.24) is 9.38 Å². The van der Waals surface area contributed by atoms with Gasteiger partial charge in [0.05, 0.1) is 10.7 Å². The van der Waals surface area contributed by atoms with E-state index in [1.807, 2.05) is 6.07 Å². The molecule has 1 amide bonds. The Hall–Kier alpha value is -3.84. The SMILES string of the molecule is O=C(COc1ccccc1Cl)Nc1ccc(OCc2cc(=O)n3ccccc3n2)cc1. The third kappa shape index (κ3) is 5.21. The molecule has 0 saturated carbocycles. The van der Waals surface area contributed by atoms with Crippen LogP contribution in [0.1, 0.15) is 5.69 Å². The number of hydrogen-bond donors (Lipinski definition) is 1. The predicted molar refractivity (Wildman–Crippen MR) is 118 cm³/mol. The summed E-state index contributed by atoms with van der Waals surface area (Å²) in [5.74, 6) is 0.722. The van der Waals surface area contributed by atoms with Gasteiger partial charge in [0.1, 0.15) is 23.8 Å². The third-order valence-electron chi connectivity index (χ3n) is 4.34. The Kier molecular flexibility index (Phi) is 6.14. The summed E-state index contributed by atoms with van der Waals surface area (Å²) in [6.45, 7) is -0.0107. The summed E-state index contributed by atoms with van der Waals surface area (Å²) in [6, 6.07) is 20.6. The first-order valence-corrected chi connectivity index (χ1v) is 9.84. The second-order valence-electron chi connectivity index (χ2n) is 6.59. The van der Waals surface area contributed by atoms with Gasteiger partial charge in [-0.15, -0.1) is 0 Å². The number of para-hydroxylation sites is 1. The lowest BCUT2D eigenvalue weighted by atomic mass is 10.3. The minimum Gasteiger partial charge on any atom is -0.487 e. The van der Waals surface area contributed by atoms with Gasteiger partial charge in [-0.25, -0.2) is 4.98 Å². The molecule has 0 atom stereocenters. The summed E-state index contributed by atoms with van der Waals surface area (Å²) in [6.07, 6.45) is 1.67. The van der Waals surface area contributed by atoms with E-state index in [-0.39, 0.29) is 24.7 Å². The highest BCUT2D eigenvalue weighted by molar-refractivity contribution is 6.32. The van der Waals surface area contributed by atoms with Crippen molar-refractivity contribution in [2.45, 2.75) is 6.61 Å². The molecule has 8 heteroatoms. The van der Waals surface area contributed by atoms with Gasteiger partial charge in [0.15, 0.2) is 6.61 Å². The first kappa shape index (κ1) is 20.4. The Morgan fingerprint density at radius 3 is 2.58 bits per heavy atom. The largest absolute Gasteiger partial charge is 0.487 e. The lowest BCUT2D eigenvalue weighted by Gasteiger charge is -2.10. The zero-order valence-corrected chi connectivity index (χ0v) is 17.1. The number of nitrogens with one attached hydrogen (secondary N) is 1. The minimum absolute atomic E-state index is 0.151. The average molecular weight is 436 g/mol. The maximum Gasteiger partial charge on any atom is 0.262 e. The minimum atomic E-state index is -0.311. The number of carbonyl (C=O) groups is 1. The number of ether oxygens (including phenoxy) is 2. The number of anilines is 1. The molecule has 0 aliphatic carbocycles. The summed E-state index contributed by atoms with van der Waals surface area (Å²) < 4.78 is 12.6. The van der Waals surface area contributed by atoms with Crippen molar-refractivity contribution in [1.29, 1.82) is 0 Å².